The van der Waals surface area contributed by atoms with Crippen LogP contribution in [0.25, 0.3) is 0 Å². The number of carbonyl (C=O) groups is 1. The highest BCUT2D eigenvalue weighted by Gasteiger charge is 2.27. The Labute approximate surface area is 89.6 Å². The van der Waals surface area contributed by atoms with Gasteiger partial charge in [0.2, 0.25) is 0 Å². The zero-order chi connectivity index (χ0) is 11.1. The van der Waals surface area contributed by atoms with Gasteiger partial charge in [0.25, 0.3) is 0 Å². The van der Waals surface area contributed by atoms with Crippen molar-refractivity contribution in [1.82, 2.24) is 0 Å². The number of hydrogen-bond acceptors (Lipinski definition) is 5. The Morgan fingerprint density at radius 1 is 1.47 bits per heavy atom. The molecule has 1 rings (SSSR count). The number of rotatable bonds is 6. The van der Waals surface area contributed by atoms with E-state index in [1.165, 1.54) is 7.11 Å². The van der Waals surface area contributed by atoms with Crippen LogP contribution in [0.4, 0.5) is 0 Å². The van der Waals surface area contributed by atoms with Gasteiger partial charge in [-0.1, -0.05) is 0 Å². The molecule has 0 aromatic heterocycles. The summed E-state index contributed by atoms with van der Waals surface area (Å²) in [6.07, 6.45) is 1.59. The molecule has 2 atom stereocenters. The largest absolute Gasteiger partial charge is 0.469 e. The lowest BCUT2D eigenvalue weighted by molar-refractivity contribution is -0.143. The van der Waals surface area contributed by atoms with Gasteiger partial charge in [0.1, 0.15) is 0 Å². The normalized spacial score (nSPS) is 25.5. The number of esters is 1. The molecule has 0 aromatic rings. The Balaban J connectivity index is 2.12. The summed E-state index contributed by atoms with van der Waals surface area (Å²) in [4.78, 5) is 11.0. The molecule has 1 fully saturated rings. The van der Waals surface area contributed by atoms with Crippen molar-refractivity contribution in [3.8, 4) is 0 Å². The third-order valence-corrected chi connectivity index (χ3v) is 2.22. The van der Waals surface area contributed by atoms with E-state index in [0.717, 1.165) is 12.8 Å². The highest BCUT2D eigenvalue weighted by Crippen LogP contribution is 2.18. The molecule has 88 valence electrons. The van der Waals surface area contributed by atoms with E-state index in [4.69, 9.17) is 14.2 Å². The zero-order valence-corrected chi connectivity index (χ0v) is 9.23. The van der Waals surface area contributed by atoms with Gasteiger partial charge in [-0.3, -0.25) is 4.79 Å². The highest BCUT2D eigenvalue weighted by molar-refractivity contribution is 5.69. The van der Waals surface area contributed by atoms with Crippen LogP contribution in [0.15, 0.2) is 0 Å². The van der Waals surface area contributed by atoms with E-state index in [0.29, 0.717) is 13.2 Å². The summed E-state index contributed by atoms with van der Waals surface area (Å²) in [6.45, 7) is 1.16. The van der Waals surface area contributed by atoms with Crippen molar-refractivity contribution < 1.29 is 23.7 Å². The Kier molecular flexibility index (Phi) is 5.60. The first kappa shape index (κ1) is 12.4. The average molecular weight is 218 g/mol. The van der Waals surface area contributed by atoms with Crippen LogP contribution in [-0.2, 0) is 23.7 Å². The van der Waals surface area contributed by atoms with Crippen LogP contribution in [0.3, 0.4) is 0 Å². The van der Waals surface area contributed by atoms with Crippen molar-refractivity contribution in [3.63, 3.8) is 0 Å². The molecule has 15 heavy (non-hydrogen) atoms. The maximum absolute atomic E-state index is 11.0. The third-order valence-electron chi connectivity index (χ3n) is 2.22. The molecule has 1 aliphatic heterocycles. The lowest BCUT2D eigenvalue weighted by atomic mass is 10.3. The molecule has 1 heterocycles. The summed E-state index contributed by atoms with van der Waals surface area (Å²) >= 11 is 0. The van der Waals surface area contributed by atoms with Crippen LogP contribution in [0.1, 0.15) is 19.3 Å². The summed E-state index contributed by atoms with van der Waals surface area (Å²) in [5, 5.41) is 0. The van der Waals surface area contributed by atoms with Gasteiger partial charge in [0.05, 0.1) is 26.2 Å². The minimum Gasteiger partial charge on any atom is -0.469 e. The van der Waals surface area contributed by atoms with E-state index >= 15 is 0 Å². The Bertz CT molecular complexity index is 194. The molecular weight excluding hydrogens is 200 g/mol. The maximum Gasteiger partial charge on any atom is 0.308 e. The fourth-order valence-corrected chi connectivity index (χ4v) is 1.43. The van der Waals surface area contributed by atoms with Gasteiger partial charge in [-0.15, -0.1) is 0 Å². The first-order valence-electron chi connectivity index (χ1n) is 5.09. The molecule has 0 radical (unpaired) electrons. The molecule has 1 saturated heterocycles. The van der Waals surface area contributed by atoms with E-state index < -0.39 is 0 Å². The summed E-state index contributed by atoms with van der Waals surface area (Å²) in [5.41, 5.74) is 0. The number of methoxy groups -OCH3 is 2. The molecule has 5 nitrogen and oxygen atoms in total. The van der Waals surface area contributed by atoms with Gasteiger partial charge < -0.3 is 18.9 Å². The van der Waals surface area contributed by atoms with Crippen LogP contribution in [-0.4, -0.2) is 45.8 Å². The minimum absolute atomic E-state index is 0.162. The summed E-state index contributed by atoms with van der Waals surface area (Å²) in [5.74, 6) is -0.263. The minimum atomic E-state index is -0.263. The van der Waals surface area contributed by atoms with E-state index in [-0.39, 0.29) is 24.8 Å². The fourth-order valence-electron chi connectivity index (χ4n) is 1.43. The Morgan fingerprint density at radius 3 is 2.93 bits per heavy atom. The number of hydrogen-bond donors (Lipinski definition) is 0. The standard InChI is InChI=1S/C10H18O5/c1-12-5-3-4-10-14-7-8(15-10)6-9(11)13-2/h8,10H,3-7H2,1-2H3. The van der Waals surface area contributed by atoms with E-state index in [9.17, 15) is 4.79 Å². The van der Waals surface area contributed by atoms with Gasteiger partial charge in [-0.05, 0) is 6.42 Å². The Hall–Kier alpha value is -0.650. The molecule has 0 saturated carbocycles. The Morgan fingerprint density at radius 2 is 2.27 bits per heavy atom. The second-order valence-corrected chi connectivity index (χ2v) is 3.44. The second-order valence-electron chi connectivity index (χ2n) is 3.44. The van der Waals surface area contributed by atoms with Crippen LogP contribution >= 0.6 is 0 Å². The van der Waals surface area contributed by atoms with Crippen LogP contribution in [0.5, 0.6) is 0 Å². The SMILES string of the molecule is COCCCC1OCC(CC(=O)OC)O1. The first-order valence-corrected chi connectivity index (χ1v) is 5.09. The second kappa shape index (κ2) is 6.76. The van der Waals surface area contributed by atoms with Crippen molar-refractivity contribution in [2.24, 2.45) is 0 Å². The van der Waals surface area contributed by atoms with Crippen molar-refractivity contribution >= 4 is 5.97 Å². The summed E-state index contributed by atoms with van der Waals surface area (Å²) < 4.78 is 20.4. The highest BCUT2D eigenvalue weighted by atomic mass is 16.7. The smallest absolute Gasteiger partial charge is 0.308 e. The van der Waals surface area contributed by atoms with Crippen LogP contribution < -0.4 is 0 Å². The van der Waals surface area contributed by atoms with E-state index in [1.807, 2.05) is 0 Å². The van der Waals surface area contributed by atoms with E-state index in [2.05, 4.69) is 4.74 Å². The average Bonchev–Trinajstić information content (AvgIpc) is 2.66. The molecule has 1 aliphatic rings. The fraction of sp³-hybridized carbons (Fsp3) is 0.900. The lowest BCUT2D eigenvalue weighted by Crippen LogP contribution is -2.18. The zero-order valence-electron chi connectivity index (χ0n) is 9.23. The maximum atomic E-state index is 11.0. The molecule has 0 N–H and O–H groups in total. The summed E-state index contributed by atoms with van der Waals surface area (Å²) in [7, 11) is 3.03. The van der Waals surface area contributed by atoms with Crippen molar-refractivity contribution in [2.45, 2.75) is 31.7 Å². The van der Waals surface area contributed by atoms with Gasteiger partial charge >= 0.3 is 5.97 Å². The van der Waals surface area contributed by atoms with E-state index in [1.54, 1.807) is 7.11 Å². The van der Waals surface area contributed by atoms with Gasteiger partial charge in [0.15, 0.2) is 6.29 Å². The molecule has 0 aromatic carbocycles. The van der Waals surface area contributed by atoms with Gasteiger partial charge in [0, 0.05) is 20.1 Å². The molecule has 0 amide bonds. The molecule has 0 spiro atoms. The van der Waals surface area contributed by atoms with Gasteiger partial charge in [-0.2, -0.15) is 0 Å². The van der Waals surface area contributed by atoms with Crippen molar-refractivity contribution in [2.75, 3.05) is 27.4 Å². The predicted molar refractivity (Wildman–Crippen MR) is 52.4 cm³/mol. The third kappa shape index (κ3) is 4.59. The number of carbonyl (C=O) groups excluding carboxylic acids is 1. The predicted octanol–water partition coefficient (Wildman–Crippen LogP) is 0.718. The topological polar surface area (TPSA) is 54.0 Å². The van der Waals surface area contributed by atoms with Crippen molar-refractivity contribution in [3.05, 3.63) is 0 Å². The monoisotopic (exact) mass is 218 g/mol. The molecule has 0 bridgehead atoms. The summed E-state index contributed by atoms with van der Waals surface area (Å²) in [6, 6.07) is 0. The van der Waals surface area contributed by atoms with Gasteiger partial charge in [-0.25, -0.2) is 0 Å². The van der Waals surface area contributed by atoms with Crippen LogP contribution in [0.2, 0.25) is 0 Å². The molecule has 5 heteroatoms. The van der Waals surface area contributed by atoms with Crippen molar-refractivity contribution in [1.29, 1.82) is 0 Å². The molecular formula is C10H18O5. The van der Waals surface area contributed by atoms with Crippen LogP contribution in [0, 0.1) is 0 Å². The number of ether oxygens (including phenoxy) is 4. The molecule has 0 aliphatic carbocycles. The quantitative estimate of drug-likeness (QED) is 0.485. The lowest BCUT2D eigenvalue weighted by Gasteiger charge is -2.10. The molecule has 2 unspecified atom stereocenters. The first-order chi connectivity index (χ1) is 7.26.